The Morgan fingerprint density at radius 3 is 2.74 bits per heavy atom. The average Bonchev–Trinajstić information content (AvgIpc) is 2.68. The van der Waals surface area contributed by atoms with Crippen LogP contribution in [0.1, 0.15) is 40.3 Å². The van der Waals surface area contributed by atoms with Crippen LogP contribution in [0, 0.1) is 13.8 Å². The van der Waals surface area contributed by atoms with E-state index in [0.717, 1.165) is 29.3 Å². The Bertz CT molecular complexity index is 1040. The fourth-order valence-corrected chi connectivity index (χ4v) is 3.91. The van der Waals surface area contributed by atoms with E-state index >= 15 is 0 Å². The van der Waals surface area contributed by atoms with Crippen molar-refractivity contribution in [2.75, 3.05) is 0 Å². The van der Waals surface area contributed by atoms with Crippen LogP contribution in [0.5, 0.6) is 11.5 Å². The maximum Gasteiger partial charge on any atom is 0.242 e. The van der Waals surface area contributed by atoms with E-state index in [0.29, 0.717) is 0 Å². The number of ether oxygens (including phenoxy) is 2. The molecule has 2 unspecified atom stereocenters. The molecule has 0 spiro atoms. The number of benzene rings is 2. The van der Waals surface area contributed by atoms with Crippen LogP contribution in [0.3, 0.4) is 0 Å². The molecular formula is C23H20N2O2. The van der Waals surface area contributed by atoms with Crippen molar-refractivity contribution >= 4 is 11.9 Å². The van der Waals surface area contributed by atoms with Gasteiger partial charge in [-0.1, -0.05) is 29.8 Å². The van der Waals surface area contributed by atoms with Gasteiger partial charge in [-0.25, -0.2) is 0 Å². The van der Waals surface area contributed by atoms with Crippen LogP contribution in [0.4, 0.5) is 5.69 Å². The summed E-state index contributed by atoms with van der Waals surface area (Å²) >= 11 is 0. The Labute approximate surface area is 158 Å². The summed E-state index contributed by atoms with van der Waals surface area (Å²) in [7, 11) is 0. The third kappa shape index (κ3) is 2.87. The Kier molecular flexibility index (Phi) is 3.71. The third-order valence-corrected chi connectivity index (χ3v) is 5.12. The van der Waals surface area contributed by atoms with Gasteiger partial charge in [-0.15, -0.1) is 0 Å². The highest BCUT2D eigenvalue weighted by atomic mass is 16.7. The number of aliphatic imine (C=N–C) groups is 1. The molecule has 27 heavy (non-hydrogen) atoms. The first kappa shape index (κ1) is 16.1. The summed E-state index contributed by atoms with van der Waals surface area (Å²) in [6.07, 6.45) is 4.10. The number of nitrogens with zero attached hydrogens (tertiary/aromatic N) is 2. The van der Waals surface area contributed by atoms with Crippen molar-refractivity contribution in [2.45, 2.75) is 32.5 Å². The van der Waals surface area contributed by atoms with Gasteiger partial charge < -0.3 is 9.47 Å². The molecule has 2 atom stereocenters. The van der Waals surface area contributed by atoms with Gasteiger partial charge in [0.15, 0.2) is 5.75 Å². The fourth-order valence-electron chi connectivity index (χ4n) is 3.91. The van der Waals surface area contributed by atoms with Crippen molar-refractivity contribution in [1.82, 2.24) is 4.98 Å². The lowest BCUT2D eigenvalue weighted by Gasteiger charge is -2.38. The number of fused-ring (bicyclic) bond motifs is 6. The molecule has 2 aromatic carbocycles. The topological polar surface area (TPSA) is 43.7 Å². The van der Waals surface area contributed by atoms with Gasteiger partial charge in [-0.3, -0.25) is 9.98 Å². The van der Waals surface area contributed by atoms with E-state index in [4.69, 9.17) is 9.47 Å². The zero-order valence-corrected chi connectivity index (χ0v) is 15.3. The van der Waals surface area contributed by atoms with Crippen LogP contribution < -0.4 is 9.47 Å². The second kappa shape index (κ2) is 6.23. The molecule has 1 aromatic heterocycles. The van der Waals surface area contributed by atoms with Crippen LogP contribution >= 0.6 is 0 Å². The zero-order chi connectivity index (χ0) is 18.4. The Balaban J connectivity index is 1.62. The molecular weight excluding hydrogens is 336 g/mol. The second-order valence-electron chi connectivity index (χ2n) is 7.21. The Hall–Kier alpha value is -3.14. The molecule has 0 N–H and O–H groups in total. The van der Waals surface area contributed by atoms with Gasteiger partial charge in [0.1, 0.15) is 11.4 Å². The first-order chi connectivity index (χ1) is 13.2. The Morgan fingerprint density at radius 2 is 1.89 bits per heavy atom. The largest absolute Gasteiger partial charge is 0.455 e. The predicted molar refractivity (Wildman–Crippen MR) is 105 cm³/mol. The van der Waals surface area contributed by atoms with Crippen molar-refractivity contribution in [3.63, 3.8) is 0 Å². The lowest BCUT2D eigenvalue weighted by molar-refractivity contribution is -0.0260. The number of hydrogen-bond donors (Lipinski definition) is 0. The normalized spacial score (nSPS) is 19.8. The summed E-state index contributed by atoms with van der Waals surface area (Å²) in [5, 5.41) is 0. The molecule has 3 heterocycles. The number of rotatable bonds is 2. The van der Waals surface area contributed by atoms with Crippen LogP contribution in [-0.4, -0.2) is 17.5 Å². The fraction of sp³-hybridized carbons (Fsp3) is 0.217. The molecule has 0 fully saturated rings. The van der Waals surface area contributed by atoms with Crippen molar-refractivity contribution < 1.29 is 9.47 Å². The van der Waals surface area contributed by atoms with Gasteiger partial charge in [0, 0.05) is 29.7 Å². The first-order valence-corrected chi connectivity index (χ1v) is 9.21. The molecule has 0 aliphatic carbocycles. The minimum absolute atomic E-state index is 0.270. The summed E-state index contributed by atoms with van der Waals surface area (Å²) in [6.45, 7) is 4.22. The van der Waals surface area contributed by atoms with Gasteiger partial charge in [-0.2, -0.15) is 0 Å². The quantitative estimate of drug-likeness (QED) is 0.601. The van der Waals surface area contributed by atoms with E-state index in [1.54, 1.807) is 12.4 Å². The molecule has 2 bridgehead atoms. The summed E-state index contributed by atoms with van der Waals surface area (Å²) < 4.78 is 12.3. The Morgan fingerprint density at radius 1 is 1.00 bits per heavy atom. The van der Waals surface area contributed by atoms with Crippen molar-refractivity contribution in [2.24, 2.45) is 4.99 Å². The third-order valence-electron chi connectivity index (χ3n) is 5.12. The van der Waals surface area contributed by atoms with Crippen LogP contribution in [-0.2, 0) is 0 Å². The molecule has 4 heteroatoms. The number of aryl methyl sites for hydroxylation is 2. The van der Waals surface area contributed by atoms with E-state index in [2.05, 4.69) is 48.1 Å². The summed E-state index contributed by atoms with van der Waals surface area (Å²) in [4.78, 5) is 8.99. The first-order valence-electron chi connectivity index (χ1n) is 9.21. The van der Waals surface area contributed by atoms with Crippen molar-refractivity contribution in [3.05, 3.63) is 82.7 Å². The molecule has 134 valence electrons. The number of hydrogen-bond acceptors (Lipinski definition) is 4. The molecule has 5 rings (SSSR count). The SMILES string of the molecule is Cc1ccc2c(c1)C1CC(O2)Oc2c(N=Cc3ccccn3)cc(C)cc21. The average molecular weight is 356 g/mol. The summed E-state index contributed by atoms with van der Waals surface area (Å²) in [5.41, 5.74) is 6.48. The zero-order valence-electron chi connectivity index (χ0n) is 15.3. The molecule has 2 aliphatic heterocycles. The minimum Gasteiger partial charge on any atom is -0.455 e. The van der Waals surface area contributed by atoms with Gasteiger partial charge >= 0.3 is 0 Å². The van der Waals surface area contributed by atoms with E-state index in [-0.39, 0.29) is 12.2 Å². The maximum absolute atomic E-state index is 6.21. The molecule has 2 aliphatic rings. The lowest BCUT2D eigenvalue weighted by Crippen LogP contribution is -2.35. The highest BCUT2D eigenvalue weighted by molar-refractivity contribution is 5.81. The van der Waals surface area contributed by atoms with Gasteiger partial charge in [0.25, 0.3) is 0 Å². The van der Waals surface area contributed by atoms with E-state index in [9.17, 15) is 0 Å². The standard InChI is InChI=1S/C23H20N2O2/c1-14-6-7-21-18(9-14)17-12-22(26-21)27-23-19(17)10-15(2)11-20(23)25-13-16-5-3-4-8-24-16/h3-11,13,17,22H,12H2,1-2H3. The summed E-state index contributed by atoms with van der Waals surface area (Å²) in [5.74, 6) is 2.01. The van der Waals surface area contributed by atoms with Crippen LogP contribution in [0.25, 0.3) is 0 Å². The highest BCUT2D eigenvalue weighted by Gasteiger charge is 2.38. The van der Waals surface area contributed by atoms with E-state index in [1.807, 2.05) is 24.3 Å². The second-order valence-corrected chi connectivity index (χ2v) is 7.21. The van der Waals surface area contributed by atoms with Crippen LogP contribution in [0.2, 0.25) is 0 Å². The van der Waals surface area contributed by atoms with E-state index < -0.39 is 0 Å². The molecule has 3 aromatic rings. The molecule has 0 saturated heterocycles. The maximum atomic E-state index is 6.21. The molecule has 4 nitrogen and oxygen atoms in total. The predicted octanol–water partition coefficient (Wildman–Crippen LogP) is 5.08. The molecule has 0 amide bonds. The number of pyridine rings is 1. The van der Waals surface area contributed by atoms with Crippen molar-refractivity contribution in [3.8, 4) is 11.5 Å². The monoisotopic (exact) mass is 356 g/mol. The molecule has 0 saturated carbocycles. The van der Waals surface area contributed by atoms with Crippen LogP contribution in [0.15, 0.2) is 59.7 Å². The minimum atomic E-state index is -0.274. The van der Waals surface area contributed by atoms with Crippen molar-refractivity contribution in [1.29, 1.82) is 0 Å². The van der Waals surface area contributed by atoms with Gasteiger partial charge in [0.2, 0.25) is 6.29 Å². The van der Waals surface area contributed by atoms with Gasteiger partial charge in [-0.05, 0) is 43.7 Å². The van der Waals surface area contributed by atoms with E-state index in [1.165, 1.54) is 22.3 Å². The highest BCUT2D eigenvalue weighted by Crippen LogP contribution is 2.51. The number of aromatic nitrogens is 1. The smallest absolute Gasteiger partial charge is 0.242 e. The van der Waals surface area contributed by atoms with Gasteiger partial charge in [0.05, 0.1) is 11.9 Å². The summed E-state index contributed by atoms with van der Waals surface area (Å²) in [6, 6.07) is 16.4. The lowest BCUT2D eigenvalue weighted by atomic mass is 9.82. The molecule has 0 radical (unpaired) electrons.